The SMILES string of the molecule is CC(C)[C@H](CC(=O)O)C1=NC=C(c2ccc(-c3ccc(C4=CN=C([C@@H](CC(=O)O)C(C)C)C4)cc3)cc2)C1. The number of hydrogen-bond acceptors (Lipinski definition) is 4. The first-order valence-corrected chi connectivity index (χ1v) is 13.3. The van der Waals surface area contributed by atoms with Gasteiger partial charge in [-0.2, -0.15) is 0 Å². The Morgan fingerprint density at radius 1 is 0.632 bits per heavy atom. The highest BCUT2D eigenvalue weighted by atomic mass is 16.4. The molecule has 0 amide bonds. The molecule has 0 aliphatic carbocycles. The normalized spacial score (nSPS) is 16.7. The van der Waals surface area contributed by atoms with Gasteiger partial charge in [0.2, 0.25) is 0 Å². The number of nitrogens with zero attached hydrogens (tertiary/aromatic N) is 2. The number of aliphatic carboxylic acids is 2. The first-order valence-electron chi connectivity index (χ1n) is 13.3. The van der Waals surface area contributed by atoms with Crippen LogP contribution in [0.5, 0.6) is 0 Å². The fraction of sp³-hybridized carbons (Fsp3) is 0.375. The van der Waals surface area contributed by atoms with E-state index in [1.165, 1.54) is 0 Å². The van der Waals surface area contributed by atoms with E-state index in [2.05, 4.69) is 58.5 Å². The van der Waals surface area contributed by atoms with Gasteiger partial charge in [-0.05, 0) is 45.2 Å². The Labute approximate surface area is 224 Å². The molecule has 0 saturated heterocycles. The second kappa shape index (κ2) is 11.7. The Bertz CT molecular complexity index is 1210. The van der Waals surface area contributed by atoms with Crippen molar-refractivity contribution in [3.8, 4) is 11.1 Å². The minimum atomic E-state index is -0.787. The van der Waals surface area contributed by atoms with Crippen molar-refractivity contribution in [1.29, 1.82) is 0 Å². The average molecular weight is 513 g/mol. The third-order valence-electron chi connectivity index (χ3n) is 7.61. The predicted molar refractivity (Wildman–Crippen MR) is 153 cm³/mol. The van der Waals surface area contributed by atoms with Crippen molar-refractivity contribution < 1.29 is 19.8 Å². The topological polar surface area (TPSA) is 99.3 Å². The summed E-state index contributed by atoms with van der Waals surface area (Å²) in [7, 11) is 0. The van der Waals surface area contributed by atoms with Crippen molar-refractivity contribution in [3.05, 3.63) is 72.1 Å². The van der Waals surface area contributed by atoms with Crippen LogP contribution in [0.25, 0.3) is 22.3 Å². The average Bonchev–Trinajstić information content (AvgIpc) is 3.56. The second-order valence-corrected chi connectivity index (χ2v) is 11.0. The second-order valence-electron chi connectivity index (χ2n) is 11.0. The molecule has 0 aromatic heterocycles. The zero-order chi connectivity index (χ0) is 27.4. The predicted octanol–water partition coefficient (Wildman–Crippen LogP) is 7.22. The van der Waals surface area contributed by atoms with Gasteiger partial charge in [0.25, 0.3) is 0 Å². The van der Waals surface area contributed by atoms with Crippen molar-refractivity contribution in [2.45, 2.75) is 53.4 Å². The molecule has 2 aliphatic rings. The molecule has 0 bridgehead atoms. The van der Waals surface area contributed by atoms with Gasteiger partial charge >= 0.3 is 11.9 Å². The molecule has 2 atom stereocenters. The maximum Gasteiger partial charge on any atom is 0.304 e. The van der Waals surface area contributed by atoms with Crippen molar-refractivity contribution in [2.24, 2.45) is 33.7 Å². The smallest absolute Gasteiger partial charge is 0.304 e. The van der Waals surface area contributed by atoms with E-state index in [0.717, 1.165) is 44.8 Å². The lowest BCUT2D eigenvalue weighted by Gasteiger charge is -2.19. The number of allylic oxidation sites excluding steroid dienone is 2. The van der Waals surface area contributed by atoms with Crippen LogP contribution in [-0.4, -0.2) is 33.6 Å². The van der Waals surface area contributed by atoms with E-state index in [1.54, 1.807) is 0 Å². The molecule has 2 N–H and O–H groups in total. The van der Waals surface area contributed by atoms with Crippen LogP contribution >= 0.6 is 0 Å². The quantitative estimate of drug-likeness (QED) is 0.332. The maximum atomic E-state index is 11.3. The van der Waals surface area contributed by atoms with Gasteiger partial charge in [-0.25, -0.2) is 0 Å². The summed E-state index contributed by atoms with van der Waals surface area (Å²) in [6, 6.07) is 16.8. The van der Waals surface area contributed by atoms with Crippen LogP contribution in [0.2, 0.25) is 0 Å². The molecule has 0 unspecified atom stereocenters. The molecule has 2 heterocycles. The van der Waals surface area contributed by atoms with Gasteiger partial charge in [-0.15, -0.1) is 0 Å². The van der Waals surface area contributed by atoms with Gasteiger partial charge in [-0.1, -0.05) is 76.2 Å². The van der Waals surface area contributed by atoms with E-state index in [1.807, 2.05) is 40.1 Å². The van der Waals surface area contributed by atoms with Crippen LogP contribution < -0.4 is 0 Å². The van der Waals surface area contributed by atoms with Crippen LogP contribution in [0.15, 0.2) is 70.9 Å². The molecular weight excluding hydrogens is 476 g/mol. The van der Waals surface area contributed by atoms with E-state index in [0.29, 0.717) is 12.8 Å². The zero-order valence-electron chi connectivity index (χ0n) is 22.5. The summed E-state index contributed by atoms with van der Waals surface area (Å²) in [5.41, 5.74) is 8.57. The monoisotopic (exact) mass is 512 g/mol. The van der Waals surface area contributed by atoms with Gasteiger partial charge in [0, 0.05) is 48.5 Å². The fourth-order valence-corrected chi connectivity index (χ4v) is 5.31. The molecule has 198 valence electrons. The molecule has 2 aromatic rings. The van der Waals surface area contributed by atoms with Crippen LogP contribution in [-0.2, 0) is 9.59 Å². The molecule has 0 saturated carbocycles. The zero-order valence-corrected chi connectivity index (χ0v) is 22.5. The standard InChI is InChI=1S/C32H36N2O4/c1-19(2)27(15-31(35)36)29-13-25(17-33-29)23-9-5-21(6-10-23)22-7-11-24(12-8-22)26-14-30(34-18-26)28(20(3)4)16-32(37)38/h5-12,17-20,27-28H,13-16H2,1-4H3,(H,35,36)(H,37,38)/t27-,28-/m0/s1. The van der Waals surface area contributed by atoms with Crippen LogP contribution in [0.1, 0.15) is 64.5 Å². The Hall–Kier alpha value is -3.80. The van der Waals surface area contributed by atoms with Gasteiger partial charge in [0.15, 0.2) is 0 Å². The lowest BCUT2D eigenvalue weighted by atomic mass is 9.85. The molecule has 4 rings (SSSR count). The highest BCUT2D eigenvalue weighted by Crippen LogP contribution is 2.33. The Kier molecular flexibility index (Phi) is 8.40. The van der Waals surface area contributed by atoms with E-state index in [-0.39, 0.29) is 36.5 Å². The number of hydrogen-bond donors (Lipinski definition) is 2. The summed E-state index contributed by atoms with van der Waals surface area (Å²) in [5.74, 6) is -1.23. The number of rotatable bonds is 11. The summed E-state index contributed by atoms with van der Waals surface area (Å²) in [5, 5.41) is 18.6. The number of aliphatic imine (C=N–C) groups is 2. The Balaban J connectivity index is 1.38. The molecule has 0 spiro atoms. The lowest BCUT2D eigenvalue weighted by molar-refractivity contribution is -0.138. The summed E-state index contributed by atoms with van der Waals surface area (Å²) in [6.07, 6.45) is 5.35. The highest BCUT2D eigenvalue weighted by molar-refractivity contribution is 6.02. The number of carboxylic acids is 2. The third-order valence-corrected chi connectivity index (χ3v) is 7.61. The summed E-state index contributed by atoms with van der Waals surface area (Å²) < 4.78 is 0. The minimum Gasteiger partial charge on any atom is -0.481 e. The fourth-order valence-electron chi connectivity index (χ4n) is 5.31. The molecule has 2 aliphatic heterocycles. The van der Waals surface area contributed by atoms with Crippen molar-refractivity contribution in [2.75, 3.05) is 0 Å². The largest absolute Gasteiger partial charge is 0.481 e. The number of benzene rings is 2. The van der Waals surface area contributed by atoms with Crippen LogP contribution in [0, 0.1) is 23.7 Å². The molecule has 0 fully saturated rings. The summed E-state index contributed by atoms with van der Waals surface area (Å²) in [4.78, 5) is 31.7. The maximum absolute atomic E-state index is 11.3. The van der Waals surface area contributed by atoms with E-state index in [9.17, 15) is 19.8 Å². The molecule has 2 aromatic carbocycles. The lowest BCUT2D eigenvalue weighted by Crippen LogP contribution is -2.22. The van der Waals surface area contributed by atoms with Crippen molar-refractivity contribution in [3.63, 3.8) is 0 Å². The first kappa shape index (κ1) is 27.2. The first-order chi connectivity index (χ1) is 18.1. The molecule has 6 nitrogen and oxygen atoms in total. The van der Waals surface area contributed by atoms with E-state index >= 15 is 0 Å². The summed E-state index contributed by atoms with van der Waals surface area (Å²) in [6.45, 7) is 8.19. The Morgan fingerprint density at radius 3 is 1.24 bits per heavy atom. The minimum absolute atomic E-state index is 0.0519. The van der Waals surface area contributed by atoms with E-state index in [4.69, 9.17) is 0 Å². The molecule has 0 radical (unpaired) electrons. The van der Waals surface area contributed by atoms with Gasteiger partial charge in [0.1, 0.15) is 0 Å². The van der Waals surface area contributed by atoms with E-state index < -0.39 is 11.9 Å². The van der Waals surface area contributed by atoms with Crippen LogP contribution in [0.4, 0.5) is 0 Å². The number of carboxylic acid groups (broad SMARTS) is 2. The third kappa shape index (κ3) is 6.36. The Morgan fingerprint density at radius 2 is 0.947 bits per heavy atom. The molecular formula is C32H36N2O4. The van der Waals surface area contributed by atoms with Gasteiger partial charge < -0.3 is 10.2 Å². The highest BCUT2D eigenvalue weighted by Gasteiger charge is 2.27. The van der Waals surface area contributed by atoms with Crippen LogP contribution in [0.3, 0.4) is 0 Å². The molecule has 6 heteroatoms. The number of carbonyl (C=O) groups is 2. The van der Waals surface area contributed by atoms with Gasteiger partial charge in [0.05, 0.1) is 12.8 Å². The van der Waals surface area contributed by atoms with Gasteiger partial charge in [-0.3, -0.25) is 19.6 Å². The summed E-state index contributed by atoms with van der Waals surface area (Å²) >= 11 is 0. The molecule has 38 heavy (non-hydrogen) atoms. The van der Waals surface area contributed by atoms with Crippen molar-refractivity contribution >= 4 is 34.5 Å². The van der Waals surface area contributed by atoms with Crippen molar-refractivity contribution in [1.82, 2.24) is 0 Å².